The van der Waals surface area contributed by atoms with Crippen LogP contribution in [0.4, 0.5) is 0 Å². The third kappa shape index (κ3) is 3.46. The van der Waals surface area contributed by atoms with E-state index in [0.717, 1.165) is 16.7 Å². The molecule has 1 unspecified atom stereocenters. The Morgan fingerprint density at radius 3 is 2.88 bits per heavy atom. The molecule has 0 bridgehead atoms. The molecule has 0 spiro atoms. The van der Waals surface area contributed by atoms with Gasteiger partial charge in [-0.15, -0.1) is 0 Å². The molecule has 2 aromatic carbocycles. The van der Waals surface area contributed by atoms with E-state index < -0.39 is 0 Å². The highest BCUT2D eigenvalue weighted by molar-refractivity contribution is 6.31. The largest absolute Gasteiger partial charge is 0.392 e. The van der Waals surface area contributed by atoms with Crippen LogP contribution in [0.2, 0.25) is 5.02 Å². The van der Waals surface area contributed by atoms with Crippen LogP contribution in [-0.2, 0) is 11.3 Å². The third-order valence-electron chi connectivity index (χ3n) is 4.37. The van der Waals surface area contributed by atoms with E-state index in [1.807, 2.05) is 37.3 Å². The Morgan fingerprint density at radius 2 is 2.12 bits per heavy atom. The lowest BCUT2D eigenvalue weighted by Gasteiger charge is -2.33. The van der Waals surface area contributed by atoms with Crippen molar-refractivity contribution in [2.45, 2.75) is 19.6 Å². The summed E-state index contributed by atoms with van der Waals surface area (Å²) in [5.41, 5.74) is 3.24. The number of rotatable bonds is 3. The second-order valence-electron chi connectivity index (χ2n) is 5.93. The van der Waals surface area contributed by atoms with Gasteiger partial charge in [-0.2, -0.15) is 0 Å². The fourth-order valence-corrected chi connectivity index (χ4v) is 3.17. The minimum atomic E-state index is -0.223. The minimum absolute atomic E-state index is 0.0509. The molecule has 24 heavy (non-hydrogen) atoms. The maximum absolute atomic E-state index is 12.8. The van der Waals surface area contributed by atoms with Gasteiger partial charge in [-0.3, -0.25) is 4.79 Å². The summed E-state index contributed by atoms with van der Waals surface area (Å²) in [5, 5.41) is 10.0. The van der Waals surface area contributed by atoms with Gasteiger partial charge in [-0.05, 0) is 36.2 Å². The standard InChI is InChI=1S/C19H20ClNO3/c1-13-6-7-14(10-15(13)12-22)19(23)21-8-9-24-18(11-21)16-4-2-3-5-17(16)20/h2-7,10,18,22H,8-9,11-12H2,1H3. The Kier molecular flexibility index (Phi) is 5.19. The fraction of sp³-hybridized carbons (Fsp3) is 0.316. The second kappa shape index (κ2) is 7.34. The van der Waals surface area contributed by atoms with Crippen molar-refractivity contribution in [1.82, 2.24) is 4.90 Å². The van der Waals surface area contributed by atoms with Crippen LogP contribution >= 0.6 is 11.6 Å². The second-order valence-corrected chi connectivity index (χ2v) is 6.34. The predicted octanol–water partition coefficient (Wildman–Crippen LogP) is 3.35. The van der Waals surface area contributed by atoms with Crippen LogP contribution in [-0.4, -0.2) is 35.6 Å². The van der Waals surface area contributed by atoms with E-state index in [0.29, 0.717) is 30.3 Å². The average molecular weight is 346 g/mol. The lowest BCUT2D eigenvalue weighted by molar-refractivity contribution is -0.0227. The van der Waals surface area contributed by atoms with Crippen molar-refractivity contribution in [2.24, 2.45) is 0 Å². The molecule has 1 aliphatic heterocycles. The number of nitrogens with zero attached hydrogens (tertiary/aromatic N) is 1. The number of halogens is 1. The Hall–Kier alpha value is -1.88. The highest BCUT2D eigenvalue weighted by Crippen LogP contribution is 2.29. The highest BCUT2D eigenvalue weighted by Gasteiger charge is 2.27. The molecule has 5 heteroatoms. The number of carbonyl (C=O) groups excluding carboxylic acids is 1. The Bertz CT molecular complexity index is 747. The van der Waals surface area contributed by atoms with Gasteiger partial charge in [0.15, 0.2) is 0 Å². The molecule has 1 N–H and O–H groups in total. The van der Waals surface area contributed by atoms with Gasteiger partial charge in [-0.25, -0.2) is 0 Å². The SMILES string of the molecule is Cc1ccc(C(=O)N2CCOC(c3ccccc3Cl)C2)cc1CO. The molecule has 1 saturated heterocycles. The fourth-order valence-electron chi connectivity index (χ4n) is 2.92. The topological polar surface area (TPSA) is 49.8 Å². The molecule has 1 fully saturated rings. The van der Waals surface area contributed by atoms with Crippen molar-refractivity contribution in [3.8, 4) is 0 Å². The van der Waals surface area contributed by atoms with Gasteiger partial charge >= 0.3 is 0 Å². The number of hydrogen-bond acceptors (Lipinski definition) is 3. The predicted molar refractivity (Wildman–Crippen MR) is 93.2 cm³/mol. The van der Waals surface area contributed by atoms with Crippen LogP contribution in [0.15, 0.2) is 42.5 Å². The van der Waals surface area contributed by atoms with Gasteiger partial charge in [0, 0.05) is 22.7 Å². The molecular formula is C19H20ClNO3. The quantitative estimate of drug-likeness (QED) is 0.928. The number of amides is 1. The van der Waals surface area contributed by atoms with Gasteiger partial charge in [-0.1, -0.05) is 35.9 Å². The molecule has 2 aromatic rings. The number of aryl methyl sites for hydroxylation is 1. The van der Waals surface area contributed by atoms with Crippen LogP contribution in [0, 0.1) is 6.92 Å². The third-order valence-corrected chi connectivity index (χ3v) is 4.72. The van der Waals surface area contributed by atoms with Crippen LogP contribution in [0.3, 0.4) is 0 Å². The summed E-state index contributed by atoms with van der Waals surface area (Å²) in [6.45, 7) is 3.33. The molecule has 0 aliphatic carbocycles. The molecule has 1 atom stereocenters. The molecule has 0 saturated carbocycles. The first-order valence-electron chi connectivity index (χ1n) is 7.96. The smallest absolute Gasteiger partial charge is 0.254 e. The van der Waals surface area contributed by atoms with E-state index in [9.17, 15) is 9.90 Å². The summed E-state index contributed by atoms with van der Waals surface area (Å²) >= 11 is 6.25. The zero-order valence-corrected chi connectivity index (χ0v) is 14.3. The van der Waals surface area contributed by atoms with E-state index in [-0.39, 0.29) is 18.6 Å². The minimum Gasteiger partial charge on any atom is -0.392 e. The number of morpholine rings is 1. The Balaban J connectivity index is 1.79. The summed E-state index contributed by atoms with van der Waals surface area (Å²) < 4.78 is 5.81. The molecule has 1 heterocycles. The van der Waals surface area contributed by atoms with Crippen molar-refractivity contribution in [3.05, 3.63) is 69.7 Å². The van der Waals surface area contributed by atoms with Gasteiger partial charge in [0.2, 0.25) is 0 Å². The number of carbonyl (C=O) groups is 1. The molecule has 126 valence electrons. The first-order valence-corrected chi connectivity index (χ1v) is 8.33. The maximum atomic E-state index is 12.8. The summed E-state index contributed by atoms with van der Waals surface area (Å²) in [6.07, 6.45) is -0.223. The molecule has 0 aromatic heterocycles. The van der Waals surface area contributed by atoms with E-state index in [1.54, 1.807) is 17.0 Å². The maximum Gasteiger partial charge on any atom is 0.254 e. The lowest BCUT2D eigenvalue weighted by atomic mass is 10.0. The van der Waals surface area contributed by atoms with Crippen molar-refractivity contribution in [2.75, 3.05) is 19.7 Å². The summed E-state index contributed by atoms with van der Waals surface area (Å²) in [4.78, 5) is 14.6. The lowest BCUT2D eigenvalue weighted by Crippen LogP contribution is -2.42. The summed E-state index contributed by atoms with van der Waals surface area (Å²) in [7, 11) is 0. The number of aliphatic hydroxyl groups excluding tert-OH is 1. The van der Waals surface area contributed by atoms with Gasteiger partial charge < -0.3 is 14.7 Å². The number of ether oxygens (including phenoxy) is 1. The van der Waals surface area contributed by atoms with Crippen molar-refractivity contribution in [1.29, 1.82) is 0 Å². The van der Waals surface area contributed by atoms with E-state index in [4.69, 9.17) is 16.3 Å². The van der Waals surface area contributed by atoms with E-state index >= 15 is 0 Å². The van der Waals surface area contributed by atoms with Crippen LogP contribution in [0.1, 0.15) is 33.2 Å². The molecular weight excluding hydrogens is 326 g/mol. The highest BCUT2D eigenvalue weighted by atomic mass is 35.5. The monoisotopic (exact) mass is 345 g/mol. The molecule has 0 radical (unpaired) electrons. The molecule has 3 rings (SSSR count). The van der Waals surface area contributed by atoms with Crippen molar-refractivity contribution >= 4 is 17.5 Å². The van der Waals surface area contributed by atoms with E-state index in [2.05, 4.69) is 0 Å². The van der Waals surface area contributed by atoms with Gasteiger partial charge in [0.05, 0.1) is 19.8 Å². The first-order chi connectivity index (χ1) is 11.6. The van der Waals surface area contributed by atoms with Gasteiger partial charge in [0.1, 0.15) is 6.10 Å². The number of aliphatic hydroxyl groups is 1. The normalized spacial score (nSPS) is 17.8. The Morgan fingerprint density at radius 1 is 1.33 bits per heavy atom. The summed E-state index contributed by atoms with van der Waals surface area (Å²) in [5.74, 6) is -0.0509. The molecule has 1 amide bonds. The van der Waals surface area contributed by atoms with Crippen LogP contribution < -0.4 is 0 Å². The van der Waals surface area contributed by atoms with Crippen LogP contribution in [0.5, 0.6) is 0 Å². The zero-order chi connectivity index (χ0) is 17.1. The van der Waals surface area contributed by atoms with Crippen molar-refractivity contribution < 1.29 is 14.6 Å². The molecule has 1 aliphatic rings. The van der Waals surface area contributed by atoms with Gasteiger partial charge in [0.25, 0.3) is 5.91 Å². The number of hydrogen-bond donors (Lipinski definition) is 1. The van der Waals surface area contributed by atoms with E-state index in [1.165, 1.54) is 0 Å². The van der Waals surface area contributed by atoms with Crippen LogP contribution in [0.25, 0.3) is 0 Å². The van der Waals surface area contributed by atoms with Crippen molar-refractivity contribution in [3.63, 3.8) is 0 Å². The molecule has 4 nitrogen and oxygen atoms in total. The average Bonchev–Trinajstić information content (AvgIpc) is 2.62. The first kappa shape index (κ1) is 17.0. The zero-order valence-electron chi connectivity index (χ0n) is 13.5. The number of benzene rings is 2. The summed E-state index contributed by atoms with van der Waals surface area (Å²) in [6, 6.07) is 13.0. The Labute approximate surface area is 146 Å².